The zero-order chi connectivity index (χ0) is 17.6. The van der Waals surface area contributed by atoms with Crippen molar-refractivity contribution in [2.45, 2.75) is 39.2 Å². The molecule has 0 saturated carbocycles. The number of rotatable bonds is 8. The van der Waals surface area contributed by atoms with Crippen LogP contribution in [0.3, 0.4) is 0 Å². The molecule has 130 valence electrons. The molecule has 24 heavy (non-hydrogen) atoms. The van der Waals surface area contributed by atoms with Crippen molar-refractivity contribution in [1.82, 2.24) is 5.32 Å². The average molecular weight is 331 g/mol. The van der Waals surface area contributed by atoms with Crippen molar-refractivity contribution in [1.29, 1.82) is 0 Å². The first-order valence-corrected chi connectivity index (χ1v) is 8.12. The van der Waals surface area contributed by atoms with Gasteiger partial charge in [-0.05, 0) is 57.0 Å². The molecule has 2 rings (SSSR count). The van der Waals surface area contributed by atoms with Crippen LogP contribution in [0.5, 0.6) is 5.75 Å². The monoisotopic (exact) mass is 331 g/mol. The molecular formula is C19H25NO4. The number of benzene rings is 1. The van der Waals surface area contributed by atoms with Crippen LogP contribution in [-0.2, 0) is 10.4 Å². The third-order valence-corrected chi connectivity index (χ3v) is 3.71. The summed E-state index contributed by atoms with van der Waals surface area (Å²) >= 11 is 0. The third-order valence-electron chi connectivity index (χ3n) is 3.71. The summed E-state index contributed by atoms with van der Waals surface area (Å²) in [7, 11) is 0. The van der Waals surface area contributed by atoms with Gasteiger partial charge >= 0.3 is 0 Å². The van der Waals surface area contributed by atoms with E-state index in [0.29, 0.717) is 25.2 Å². The number of carbonyl (C=O) groups excluding carboxylic acids is 1. The van der Waals surface area contributed by atoms with Gasteiger partial charge in [0, 0.05) is 6.42 Å². The van der Waals surface area contributed by atoms with E-state index in [9.17, 15) is 9.90 Å². The lowest BCUT2D eigenvalue weighted by atomic mass is 10.0. The van der Waals surface area contributed by atoms with Gasteiger partial charge in [-0.3, -0.25) is 4.79 Å². The summed E-state index contributed by atoms with van der Waals surface area (Å²) in [6.07, 6.45) is 0.959. The number of hydrogen-bond donors (Lipinski definition) is 2. The second-order valence-corrected chi connectivity index (χ2v) is 6.23. The Bertz CT molecular complexity index is 676. The minimum atomic E-state index is -1.22. The number of aliphatic hydroxyl groups is 1. The highest BCUT2D eigenvalue weighted by atomic mass is 16.5. The molecule has 0 radical (unpaired) electrons. The van der Waals surface area contributed by atoms with E-state index in [2.05, 4.69) is 5.32 Å². The van der Waals surface area contributed by atoms with E-state index >= 15 is 0 Å². The van der Waals surface area contributed by atoms with Gasteiger partial charge in [-0.1, -0.05) is 12.1 Å². The lowest BCUT2D eigenvalue weighted by Gasteiger charge is -2.21. The first-order chi connectivity index (χ1) is 11.4. The summed E-state index contributed by atoms with van der Waals surface area (Å²) in [6, 6.07) is 11.3. The Morgan fingerprint density at radius 1 is 1.29 bits per heavy atom. The van der Waals surface area contributed by atoms with E-state index in [1.807, 2.05) is 38.1 Å². The maximum Gasteiger partial charge on any atom is 0.220 e. The molecule has 2 aromatic rings. The van der Waals surface area contributed by atoms with Crippen molar-refractivity contribution in [3.8, 4) is 5.75 Å². The van der Waals surface area contributed by atoms with E-state index in [-0.39, 0.29) is 12.5 Å². The second kappa shape index (κ2) is 8.02. The zero-order valence-corrected chi connectivity index (χ0v) is 14.5. The van der Waals surface area contributed by atoms with Gasteiger partial charge in [0.15, 0.2) is 0 Å². The van der Waals surface area contributed by atoms with E-state index in [0.717, 1.165) is 17.1 Å². The van der Waals surface area contributed by atoms with Crippen LogP contribution in [0, 0.1) is 13.8 Å². The van der Waals surface area contributed by atoms with Crippen molar-refractivity contribution in [3.63, 3.8) is 0 Å². The Labute approximate surface area is 142 Å². The van der Waals surface area contributed by atoms with Crippen molar-refractivity contribution < 1.29 is 19.1 Å². The lowest BCUT2D eigenvalue weighted by molar-refractivity contribution is -0.122. The maximum absolute atomic E-state index is 11.9. The van der Waals surface area contributed by atoms with Crippen LogP contribution >= 0.6 is 0 Å². The molecule has 1 atom stereocenters. The molecule has 5 nitrogen and oxygen atoms in total. The summed E-state index contributed by atoms with van der Waals surface area (Å²) < 4.78 is 11.0. The van der Waals surface area contributed by atoms with E-state index in [1.165, 1.54) is 0 Å². The lowest BCUT2D eigenvalue weighted by Crippen LogP contribution is -2.38. The smallest absolute Gasteiger partial charge is 0.220 e. The summed E-state index contributed by atoms with van der Waals surface area (Å²) in [4.78, 5) is 11.9. The van der Waals surface area contributed by atoms with Gasteiger partial charge in [0.05, 0.1) is 13.2 Å². The van der Waals surface area contributed by atoms with E-state index in [1.54, 1.807) is 19.1 Å². The summed E-state index contributed by atoms with van der Waals surface area (Å²) in [5.41, 5.74) is -0.0808. The SMILES string of the molecule is Cc1cccc(OCCCC(=O)NCC(C)(O)c2ccc(C)o2)c1. The quantitative estimate of drug-likeness (QED) is 0.729. The van der Waals surface area contributed by atoms with Crippen molar-refractivity contribution in [2.24, 2.45) is 0 Å². The van der Waals surface area contributed by atoms with Gasteiger partial charge in [0.25, 0.3) is 0 Å². The van der Waals surface area contributed by atoms with Gasteiger partial charge in [-0.2, -0.15) is 0 Å². The standard InChI is InChI=1S/C19H25NO4/c1-14-6-4-7-16(12-14)23-11-5-8-18(21)20-13-19(3,22)17-10-9-15(2)24-17/h4,6-7,9-10,12,22H,5,8,11,13H2,1-3H3,(H,20,21). The molecule has 0 aliphatic heterocycles. The molecule has 2 N–H and O–H groups in total. The Morgan fingerprint density at radius 3 is 2.75 bits per heavy atom. The molecular weight excluding hydrogens is 306 g/mol. The Hall–Kier alpha value is -2.27. The fraction of sp³-hybridized carbons (Fsp3) is 0.421. The summed E-state index contributed by atoms with van der Waals surface area (Å²) in [6.45, 7) is 6.02. The van der Waals surface area contributed by atoms with Crippen molar-refractivity contribution in [3.05, 3.63) is 53.5 Å². The van der Waals surface area contributed by atoms with Crippen LogP contribution in [0.1, 0.15) is 36.8 Å². The van der Waals surface area contributed by atoms with Gasteiger partial charge in [-0.25, -0.2) is 0 Å². The zero-order valence-electron chi connectivity index (χ0n) is 14.5. The molecule has 0 aliphatic rings. The average Bonchev–Trinajstić information content (AvgIpc) is 2.97. The molecule has 0 aliphatic carbocycles. The first-order valence-electron chi connectivity index (χ1n) is 8.12. The highest BCUT2D eigenvalue weighted by Crippen LogP contribution is 2.22. The number of aryl methyl sites for hydroxylation is 2. The number of nitrogens with one attached hydrogen (secondary N) is 1. The summed E-state index contributed by atoms with van der Waals surface area (Å²) in [5.74, 6) is 1.87. The molecule has 1 aromatic heterocycles. The largest absolute Gasteiger partial charge is 0.494 e. The molecule has 1 heterocycles. The molecule has 0 saturated heterocycles. The Balaban J connectivity index is 1.68. The van der Waals surface area contributed by atoms with Crippen LogP contribution < -0.4 is 10.1 Å². The Kier molecular flexibility index (Phi) is 6.04. The molecule has 0 spiro atoms. The number of ether oxygens (including phenoxy) is 1. The van der Waals surface area contributed by atoms with E-state index < -0.39 is 5.60 Å². The highest BCUT2D eigenvalue weighted by Gasteiger charge is 2.27. The van der Waals surface area contributed by atoms with Crippen LogP contribution in [0.25, 0.3) is 0 Å². The van der Waals surface area contributed by atoms with Crippen LogP contribution in [0.2, 0.25) is 0 Å². The topological polar surface area (TPSA) is 71.7 Å². The molecule has 1 unspecified atom stereocenters. The first kappa shape index (κ1) is 18.1. The number of furan rings is 1. The molecule has 1 aromatic carbocycles. The highest BCUT2D eigenvalue weighted by molar-refractivity contribution is 5.75. The fourth-order valence-corrected chi connectivity index (χ4v) is 2.30. The predicted molar refractivity (Wildman–Crippen MR) is 91.9 cm³/mol. The molecule has 5 heteroatoms. The predicted octanol–water partition coefficient (Wildman–Crippen LogP) is 3.08. The normalized spacial score (nSPS) is 13.3. The van der Waals surface area contributed by atoms with Crippen molar-refractivity contribution >= 4 is 5.91 Å². The minimum absolute atomic E-state index is 0.109. The molecule has 0 fully saturated rings. The summed E-state index contributed by atoms with van der Waals surface area (Å²) in [5, 5.41) is 13.1. The number of carbonyl (C=O) groups is 1. The van der Waals surface area contributed by atoms with Gasteiger partial charge in [0.2, 0.25) is 5.91 Å². The van der Waals surface area contributed by atoms with Crippen molar-refractivity contribution in [2.75, 3.05) is 13.2 Å². The molecule has 0 bridgehead atoms. The van der Waals surface area contributed by atoms with Crippen LogP contribution in [-0.4, -0.2) is 24.2 Å². The number of hydrogen-bond acceptors (Lipinski definition) is 4. The number of amides is 1. The fourth-order valence-electron chi connectivity index (χ4n) is 2.30. The third kappa shape index (κ3) is 5.42. The van der Waals surface area contributed by atoms with Gasteiger partial charge in [-0.15, -0.1) is 0 Å². The van der Waals surface area contributed by atoms with Crippen LogP contribution in [0.15, 0.2) is 40.8 Å². The second-order valence-electron chi connectivity index (χ2n) is 6.23. The minimum Gasteiger partial charge on any atom is -0.494 e. The van der Waals surface area contributed by atoms with Gasteiger partial charge < -0.3 is 19.6 Å². The maximum atomic E-state index is 11.9. The van der Waals surface area contributed by atoms with Crippen LogP contribution in [0.4, 0.5) is 0 Å². The van der Waals surface area contributed by atoms with E-state index in [4.69, 9.17) is 9.15 Å². The van der Waals surface area contributed by atoms with Gasteiger partial charge in [0.1, 0.15) is 22.9 Å². The molecule has 1 amide bonds. The Morgan fingerprint density at radius 2 is 2.08 bits per heavy atom.